The van der Waals surface area contributed by atoms with Crippen LogP contribution >= 0.6 is 0 Å². The van der Waals surface area contributed by atoms with Crippen molar-refractivity contribution >= 4 is 11.9 Å². The number of primary amides is 1. The summed E-state index contributed by atoms with van der Waals surface area (Å²) in [6, 6.07) is 9.90. The van der Waals surface area contributed by atoms with Gasteiger partial charge in [0.05, 0.1) is 26.9 Å². The lowest BCUT2D eigenvalue weighted by molar-refractivity contribution is -0.120. The Morgan fingerprint density at radius 2 is 1.75 bits per heavy atom. The fourth-order valence-corrected chi connectivity index (χ4v) is 2.69. The summed E-state index contributed by atoms with van der Waals surface area (Å²) in [5.41, 5.74) is 5.91. The number of rotatable bonds is 10. The summed E-state index contributed by atoms with van der Waals surface area (Å²) in [7, 11) is 4.31. The van der Waals surface area contributed by atoms with Gasteiger partial charge in [0.2, 0.25) is 11.6 Å². The molecule has 0 unspecified atom stereocenters. The van der Waals surface area contributed by atoms with Crippen LogP contribution in [0.4, 0.5) is 0 Å². The van der Waals surface area contributed by atoms with Crippen molar-refractivity contribution in [3.8, 4) is 34.4 Å². The molecule has 2 aromatic carbocycles. The molecule has 3 aromatic rings. The van der Waals surface area contributed by atoms with E-state index in [0.29, 0.717) is 17.1 Å². The zero-order chi connectivity index (χ0) is 23.1. The number of nitrogens with zero attached hydrogens (tertiary/aromatic N) is 2. The number of ether oxygens (including phenoxy) is 5. The fourth-order valence-electron chi connectivity index (χ4n) is 2.69. The highest BCUT2D eigenvalue weighted by molar-refractivity contribution is 5.91. The molecule has 11 heteroatoms. The summed E-state index contributed by atoms with van der Waals surface area (Å²) in [6.07, 6.45) is 0. The molecular weight excluding hydrogens is 422 g/mol. The molecule has 168 valence electrons. The van der Waals surface area contributed by atoms with E-state index >= 15 is 0 Å². The first-order valence-electron chi connectivity index (χ1n) is 9.26. The molecule has 2 N–H and O–H groups in total. The lowest BCUT2D eigenvalue weighted by Crippen LogP contribution is -2.20. The number of esters is 1. The maximum Gasteiger partial charge on any atom is 0.338 e. The standard InChI is InChI=1S/C21H21N3O8/c1-27-14-6-4-5-12(7-14)20-23-18(32-24-20)11-31-21(26)13-8-15(28-2)19(16(9-13)29-3)30-10-17(22)25/h4-9H,10-11H2,1-3H3,(H2,22,25). The summed E-state index contributed by atoms with van der Waals surface area (Å²) in [6.45, 7) is -0.635. The Balaban J connectivity index is 1.72. The van der Waals surface area contributed by atoms with Gasteiger partial charge in [-0.25, -0.2) is 4.79 Å². The Kier molecular flexibility index (Phi) is 7.11. The second-order valence-electron chi connectivity index (χ2n) is 6.28. The van der Waals surface area contributed by atoms with Gasteiger partial charge in [0.15, 0.2) is 24.7 Å². The van der Waals surface area contributed by atoms with Crippen LogP contribution in [-0.4, -0.2) is 50.0 Å². The molecule has 0 radical (unpaired) electrons. The molecule has 1 amide bonds. The van der Waals surface area contributed by atoms with Gasteiger partial charge >= 0.3 is 5.97 Å². The van der Waals surface area contributed by atoms with Gasteiger partial charge in [-0.1, -0.05) is 17.3 Å². The van der Waals surface area contributed by atoms with Gasteiger partial charge in [0.25, 0.3) is 11.8 Å². The number of hydrogen-bond acceptors (Lipinski definition) is 10. The van der Waals surface area contributed by atoms with Gasteiger partial charge in [-0.05, 0) is 24.3 Å². The van der Waals surface area contributed by atoms with Crippen molar-refractivity contribution in [2.24, 2.45) is 5.73 Å². The van der Waals surface area contributed by atoms with Crippen molar-refractivity contribution < 1.29 is 37.8 Å². The first-order valence-corrected chi connectivity index (χ1v) is 9.26. The van der Waals surface area contributed by atoms with Crippen molar-refractivity contribution in [3.63, 3.8) is 0 Å². The van der Waals surface area contributed by atoms with Gasteiger partial charge < -0.3 is 33.9 Å². The quantitative estimate of drug-likeness (QED) is 0.462. The van der Waals surface area contributed by atoms with E-state index < -0.39 is 11.9 Å². The molecule has 3 rings (SSSR count). The predicted molar refractivity (Wildman–Crippen MR) is 110 cm³/mol. The highest BCUT2D eigenvalue weighted by atomic mass is 16.6. The van der Waals surface area contributed by atoms with Crippen molar-refractivity contribution in [2.45, 2.75) is 6.61 Å². The van der Waals surface area contributed by atoms with E-state index in [4.69, 9.17) is 33.9 Å². The minimum absolute atomic E-state index is 0.108. The summed E-state index contributed by atoms with van der Waals surface area (Å²) >= 11 is 0. The summed E-state index contributed by atoms with van der Waals surface area (Å²) in [5, 5.41) is 3.89. The van der Waals surface area contributed by atoms with E-state index in [1.165, 1.54) is 26.4 Å². The van der Waals surface area contributed by atoms with Crippen molar-refractivity contribution in [3.05, 3.63) is 47.9 Å². The molecule has 1 heterocycles. The molecule has 1 aromatic heterocycles. The van der Waals surface area contributed by atoms with Gasteiger partial charge in [-0.3, -0.25) is 4.79 Å². The smallest absolute Gasteiger partial charge is 0.338 e. The molecule has 0 saturated heterocycles. The first-order chi connectivity index (χ1) is 15.4. The van der Waals surface area contributed by atoms with Crippen LogP contribution in [0.2, 0.25) is 0 Å². The largest absolute Gasteiger partial charge is 0.497 e. The van der Waals surface area contributed by atoms with Gasteiger partial charge in [0.1, 0.15) is 5.75 Å². The average molecular weight is 443 g/mol. The van der Waals surface area contributed by atoms with E-state index in [9.17, 15) is 9.59 Å². The summed E-state index contributed by atoms with van der Waals surface area (Å²) < 4.78 is 31.4. The van der Waals surface area contributed by atoms with E-state index in [2.05, 4.69) is 10.1 Å². The highest BCUT2D eigenvalue weighted by Gasteiger charge is 2.20. The Labute approximate surface area is 183 Å². The maximum absolute atomic E-state index is 12.5. The number of nitrogens with two attached hydrogens (primary N) is 1. The zero-order valence-electron chi connectivity index (χ0n) is 17.6. The molecule has 0 fully saturated rings. The second kappa shape index (κ2) is 10.2. The lowest BCUT2D eigenvalue weighted by Gasteiger charge is -2.15. The van der Waals surface area contributed by atoms with E-state index in [1.807, 2.05) is 0 Å². The number of carbonyl (C=O) groups is 2. The molecule has 0 spiro atoms. The highest BCUT2D eigenvalue weighted by Crippen LogP contribution is 2.38. The lowest BCUT2D eigenvalue weighted by atomic mass is 10.2. The van der Waals surface area contributed by atoms with E-state index in [0.717, 1.165) is 0 Å². The topological polar surface area (TPSA) is 145 Å². The molecule has 11 nitrogen and oxygen atoms in total. The molecule has 0 atom stereocenters. The zero-order valence-corrected chi connectivity index (χ0v) is 17.6. The van der Waals surface area contributed by atoms with Crippen LogP contribution in [0.3, 0.4) is 0 Å². The van der Waals surface area contributed by atoms with Crippen LogP contribution in [0, 0.1) is 0 Å². The van der Waals surface area contributed by atoms with Crippen molar-refractivity contribution in [1.29, 1.82) is 0 Å². The van der Waals surface area contributed by atoms with Crippen LogP contribution in [0.15, 0.2) is 40.9 Å². The van der Waals surface area contributed by atoms with Crippen molar-refractivity contribution in [2.75, 3.05) is 27.9 Å². The first kappa shape index (κ1) is 22.4. The Bertz CT molecular complexity index is 1090. The number of carbonyl (C=O) groups excluding carboxylic acids is 2. The SMILES string of the molecule is COc1cccc(-c2noc(COC(=O)c3cc(OC)c(OCC(N)=O)c(OC)c3)n2)c1. The predicted octanol–water partition coefficient (Wildman–Crippen LogP) is 1.98. The summed E-state index contributed by atoms with van der Waals surface area (Å²) in [5.74, 6) is 0.170. The van der Waals surface area contributed by atoms with Crippen LogP contribution in [0.1, 0.15) is 16.2 Å². The van der Waals surface area contributed by atoms with Gasteiger partial charge in [-0.15, -0.1) is 0 Å². The molecule has 0 saturated carbocycles. The maximum atomic E-state index is 12.5. The molecule has 0 aliphatic heterocycles. The Morgan fingerprint density at radius 1 is 1.03 bits per heavy atom. The van der Waals surface area contributed by atoms with E-state index in [-0.39, 0.29) is 41.9 Å². The molecule has 32 heavy (non-hydrogen) atoms. The molecular formula is C21H21N3O8. The third-order valence-electron chi connectivity index (χ3n) is 4.18. The van der Waals surface area contributed by atoms with Gasteiger partial charge in [-0.2, -0.15) is 4.98 Å². The molecule has 0 aliphatic rings. The second-order valence-corrected chi connectivity index (χ2v) is 6.28. The van der Waals surface area contributed by atoms with Gasteiger partial charge in [0, 0.05) is 5.56 Å². The third kappa shape index (κ3) is 5.25. The Morgan fingerprint density at radius 3 is 2.38 bits per heavy atom. The number of hydrogen-bond donors (Lipinski definition) is 1. The minimum atomic E-state index is -0.691. The van der Waals surface area contributed by atoms with Crippen LogP contribution in [0.25, 0.3) is 11.4 Å². The van der Waals surface area contributed by atoms with Crippen LogP contribution in [0.5, 0.6) is 23.0 Å². The van der Waals surface area contributed by atoms with Crippen molar-refractivity contribution in [1.82, 2.24) is 10.1 Å². The monoisotopic (exact) mass is 443 g/mol. The fraction of sp³-hybridized carbons (Fsp3) is 0.238. The Hall–Kier alpha value is -4.28. The number of aromatic nitrogens is 2. The molecule has 0 aliphatic carbocycles. The third-order valence-corrected chi connectivity index (χ3v) is 4.18. The van der Waals surface area contributed by atoms with Crippen LogP contribution in [-0.2, 0) is 16.1 Å². The normalized spacial score (nSPS) is 10.3. The number of methoxy groups -OCH3 is 3. The molecule has 0 bridgehead atoms. The summed E-state index contributed by atoms with van der Waals surface area (Å²) in [4.78, 5) is 27.8. The minimum Gasteiger partial charge on any atom is -0.497 e. The van der Waals surface area contributed by atoms with E-state index in [1.54, 1.807) is 31.4 Å². The average Bonchev–Trinajstić information content (AvgIpc) is 3.29. The number of amides is 1. The number of benzene rings is 2. The van der Waals surface area contributed by atoms with Crippen LogP contribution < -0.4 is 24.7 Å².